The number of nitrogens with zero attached hydrogens (tertiary/aromatic N) is 3. The van der Waals surface area contributed by atoms with Crippen molar-refractivity contribution >= 4 is 11.3 Å². The predicted molar refractivity (Wildman–Crippen MR) is 69.0 cm³/mol. The van der Waals surface area contributed by atoms with Crippen LogP contribution in [0.4, 0.5) is 0 Å². The molecule has 5 heteroatoms. The highest BCUT2D eigenvalue weighted by Gasteiger charge is 2.08. The number of nitrogens with two attached hydrogens (primary N) is 1. The molecule has 0 aliphatic carbocycles. The van der Waals surface area contributed by atoms with Crippen molar-refractivity contribution in [1.29, 1.82) is 0 Å². The van der Waals surface area contributed by atoms with Gasteiger partial charge in [0.15, 0.2) is 0 Å². The highest BCUT2D eigenvalue weighted by atomic mass is 32.1. The Hall–Kier alpha value is -1.33. The molecular formula is C12H16N4S. The number of hydrogen-bond acceptors (Lipinski definition) is 5. The van der Waals surface area contributed by atoms with Gasteiger partial charge < -0.3 is 5.73 Å². The van der Waals surface area contributed by atoms with Gasteiger partial charge in [0.25, 0.3) is 0 Å². The summed E-state index contributed by atoms with van der Waals surface area (Å²) in [5.74, 6) is 0.803. The van der Waals surface area contributed by atoms with E-state index in [2.05, 4.69) is 15.0 Å². The lowest BCUT2D eigenvalue weighted by Gasteiger charge is -2.09. The van der Waals surface area contributed by atoms with Gasteiger partial charge in [0.2, 0.25) is 0 Å². The summed E-state index contributed by atoms with van der Waals surface area (Å²) in [5, 5.41) is 3.12. The summed E-state index contributed by atoms with van der Waals surface area (Å²) >= 11 is 1.65. The highest BCUT2D eigenvalue weighted by molar-refractivity contribution is 7.09. The zero-order chi connectivity index (χ0) is 12.4. The second kappa shape index (κ2) is 4.89. The van der Waals surface area contributed by atoms with Gasteiger partial charge in [0.05, 0.1) is 17.1 Å². The molecule has 0 bridgehead atoms. The second-order valence-corrected chi connectivity index (χ2v) is 5.21. The fourth-order valence-corrected chi connectivity index (χ4v) is 2.32. The number of rotatable bonds is 3. The van der Waals surface area contributed by atoms with E-state index in [1.807, 2.05) is 32.3 Å². The Morgan fingerprint density at radius 1 is 1.35 bits per heavy atom. The average Bonchev–Trinajstić information content (AvgIpc) is 2.63. The molecule has 0 aliphatic heterocycles. The molecule has 1 atom stereocenters. The van der Waals surface area contributed by atoms with Gasteiger partial charge in [-0.2, -0.15) is 0 Å². The molecule has 2 aromatic rings. The Balaban J connectivity index is 2.20. The predicted octanol–water partition coefficient (Wildman–Crippen LogP) is 2.16. The van der Waals surface area contributed by atoms with E-state index in [0.717, 1.165) is 27.8 Å². The molecule has 0 spiro atoms. The van der Waals surface area contributed by atoms with Gasteiger partial charge in [-0.05, 0) is 20.8 Å². The van der Waals surface area contributed by atoms with E-state index in [1.54, 1.807) is 11.3 Å². The first-order chi connectivity index (χ1) is 8.06. The van der Waals surface area contributed by atoms with Crippen LogP contribution in [0.5, 0.6) is 0 Å². The summed E-state index contributed by atoms with van der Waals surface area (Å²) < 4.78 is 0. The second-order valence-electron chi connectivity index (χ2n) is 4.15. The molecular weight excluding hydrogens is 232 g/mol. The van der Waals surface area contributed by atoms with Crippen LogP contribution in [0.1, 0.15) is 40.7 Å². The number of hydrogen-bond donors (Lipinski definition) is 1. The van der Waals surface area contributed by atoms with Crippen molar-refractivity contribution < 1.29 is 0 Å². The summed E-state index contributed by atoms with van der Waals surface area (Å²) in [7, 11) is 0. The van der Waals surface area contributed by atoms with Gasteiger partial charge in [0.1, 0.15) is 5.82 Å². The standard InChI is InChI=1S/C12H16N4S/c1-7(13)11-5-14-12(15-8(11)2)4-10-6-17-9(3)16-10/h5-7H,4,13H2,1-3H3. The third-order valence-corrected chi connectivity index (χ3v) is 3.39. The Bertz CT molecular complexity index is 519. The number of thiazole rings is 1. The van der Waals surface area contributed by atoms with E-state index in [0.29, 0.717) is 6.42 Å². The van der Waals surface area contributed by atoms with Crippen molar-refractivity contribution in [1.82, 2.24) is 15.0 Å². The van der Waals surface area contributed by atoms with Crippen LogP contribution < -0.4 is 5.73 Å². The van der Waals surface area contributed by atoms with E-state index in [-0.39, 0.29) is 6.04 Å². The molecule has 0 radical (unpaired) electrons. The fourth-order valence-electron chi connectivity index (χ4n) is 1.71. The first kappa shape index (κ1) is 12.1. The molecule has 2 rings (SSSR count). The normalized spacial score (nSPS) is 12.7. The molecule has 2 aromatic heterocycles. The first-order valence-corrected chi connectivity index (χ1v) is 6.43. The maximum atomic E-state index is 5.83. The average molecular weight is 248 g/mol. The maximum absolute atomic E-state index is 5.83. The minimum atomic E-state index is -0.0226. The Morgan fingerprint density at radius 2 is 2.12 bits per heavy atom. The summed E-state index contributed by atoms with van der Waals surface area (Å²) in [6.07, 6.45) is 2.51. The van der Waals surface area contributed by atoms with Gasteiger partial charge in [0, 0.05) is 28.9 Å². The van der Waals surface area contributed by atoms with Gasteiger partial charge >= 0.3 is 0 Å². The minimum absolute atomic E-state index is 0.0226. The molecule has 0 aromatic carbocycles. The van der Waals surface area contributed by atoms with Crippen molar-refractivity contribution in [3.05, 3.63) is 39.4 Å². The van der Waals surface area contributed by atoms with Crippen LogP contribution in [0.3, 0.4) is 0 Å². The van der Waals surface area contributed by atoms with Gasteiger partial charge in [-0.1, -0.05) is 0 Å². The third-order valence-electron chi connectivity index (χ3n) is 2.56. The fraction of sp³-hybridized carbons (Fsp3) is 0.417. The quantitative estimate of drug-likeness (QED) is 0.904. The smallest absolute Gasteiger partial charge is 0.134 e. The molecule has 0 saturated carbocycles. The SMILES string of the molecule is Cc1nc(Cc2ncc(C(C)N)c(C)n2)cs1. The molecule has 2 heterocycles. The van der Waals surface area contributed by atoms with Crippen LogP contribution in [0.15, 0.2) is 11.6 Å². The Morgan fingerprint density at radius 3 is 2.65 bits per heavy atom. The molecule has 4 nitrogen and oxygen atoms in total. The number of aryl methyl sites for hydroxylation is 2. The van der Waals surface area contributed by atoms with Crippen LogP contribution in [-0.2, 0) is 6.42 Å². The molecule has 0 amide bonds. The summed E-state index contributed by atoms with van der Waals surface area (Å²) in [6.45, 7) is 5.91. The van der Waals surface area contributed by atoms with Crippen molar-refractivity contribution in [2.75, 3.05) is 0 Å². The summed E-state index contributed by atoms with van der Waals surface area (Å²) in [4.78, 5) is 13.2. The lowest BCUT2D eigenvalue weighted by Crippen LogP contribution is -2.10. The Labute approximate surface area is 105 Å². The van der Waals surface area contributed by atoms with E-state index in [4.69, 9.17) is 5.73 Å². The molecule has 90 valence electrons. The molecule has 17 heavy (non-hydrogen) atoms. The highest BCUT2D eigenvalue weighted by Crippen LogP contribution is 2.14. The van der Waals surface area contributed by atoms with Crippen LogP contribution in [0, 0.1) is 13.8 Å². The Kier molecular flexibility index (Phi) is 3.49. The number of aromatic nitrogens is 3. The van der Waals surface area contributed by atoms with E-state index in [1.165, 1.54) is 0 Å². The maximum Gasteiger partial charge on any atom is 0.134 e. The van der Waals surface area contributed by atoms with Gasteiger partial charge in [-0.3, -0.25) is 0 Å². The van der Waals surface area contributed by atoms with Crippen LogP contribution in [0.2, 0.25) is 0 Å². The lowest BCUT2D eigenvalue weighted by molar-refractivity contribution is 0.775. The van der Waals surface area contributed by atoms with Crippen molar-refractivity contribution in [2.24, 2.45) is 5.73 Å². The van der Waals surface area contributed by atoms with E-state index >= 15 is 0 Å². The molecule has 0 aliphatic rings. The van der Waals surface area contributed by atoms with Gasteiger partial charge in [-0.25, -0.2) is 15.0 Å². The van der Waals surface area contributed by atoms with Gasteiger partial charge in [-0.15, -0.1) is 11.3 Å². The monoisotopic (exact) mass is 248 g/mol. The van der Waals surface area contributed by atoms with Crippen LogP contribution in [-0.4, -0.2) is 15.0 Å². The molecule has 0 fully saturated rings. The largest absolute Gasteiger partial charge is 0.324 e. The third kappa shape index (κ3) is 2.87. The first-order valence-electron chi connectivity index (χ1n) is 5.55. The van der Waals surface area contributed by atoms with Crippen LogP contribution >= 0.6 is 11.3 Å². The molecule has 1 unspecified atom stereocenters. The lowest BCUT2D eigenvalue weighted by atomic mass is 10.1. The van der Waals surface area contributed by atoms with E-state index in [9.17, 15) is 0 Å². The van der Waals surface area contributed by atoms with Crippen LogP contribution in [0.25, 0.3) is 0 Å². The molecule has 2 N–H and O–H groups in total. The zero-order valence-corrected chi connectivity index (χ0v) is 11.1. The summed E-state index contributed by atoms with van der Waals surface area (Å²) in [5.41, 5.74) is 8.82. The topological polar surface area (TPSA) is 64.7 Å². The van der Waals surface area contributed by atoms with Crippen molar-refractivity contribution in [3.8, 4) is 0 Å². The van der Waals surface area contributed by atoms with Crippen molar-refractivity contribution in [2.45, 2.75) is 33.2 Å². The van der Waals surface area contributed by atoms with E-state index < -0.39 is 0 Å². The van der Waals surface area contributed by atoms with Crippen molar-refractivity contribution in [3.63, 3.8) is 0 Å². The minimum Gasteiger partial charge on any atom is -0.324 e. The molecule has 0 saturated heterocycles. The summed E-state index contributed by atoms with van der Waals surface area (Å²) in [6, 6.07) is -0.0226. The zero-order valence-electron chi connectivity index (χ0n) is 10.3.